The van der Waals surface area contributed by atoms with Gasteiger partial charge in [-0.15, -0.1) is 0 Å². The van der Waals surface area contributed by atoms with E-state index in [0.717, 1.165) is 19.3 Å². The van der Waals surface area contributed by atoms with Crippen LogP contribution in [0.15, 0.2) is 21.5 Å². The van der Waals surface area contributed by atoms with Crippen LogP contribution in [-0.2, 0) is 11.3 Å². The normalized spacial score (nSPS) is 21.7. The lowest BCUT2D eigenvalue weighted by Gasteiger charge is -2.19. The molecular formula is C11H16N2O3. The fourth-order valence-electron chi connectivity index (χ4n) is 1.97. The van der Waals surface area contributed by atoms with Gasteiger partial charge in [-0.2, -0.15) is 0 Å². The fraction of sp³-hybridized carbons (Fsp3) is 0.636. The molecule has 0 amide bonds. The molecule has 0 aromatic carbocycles. The standard InChI is InChI=1S/C11H16N2O3/c1-2-3-5-9-6-4-7-15-8-10-12-16-11(14)13(9)10/h2-3,9H,4-8H2,1H3/b3-2+. The first-order valence-corrected chi connectivity index (χ1v) is 5.59. The topological polar surface area (TPSA) is 57.3 Å². The van der Waals surface area contributed by atoms with Gasteiger partial charge in [-0.3, -0.25) is 9.09 Å². The van der Waals surface area contributed by atoms with E-state index in [-0.39, 0.29) is 11.8 Å². The zero-order valence-electron chi connectivity index (χ0n) is 9.39. The van der Waals surface area contributed by atoms with Crippen LogP contribution in [0.25, 0.3) is 0 Å². The second-order valence-electron chi connectivity index (χ2n) is 3.89. The first-order chi connectivity index (χ1) is 7.83. The summed E-state index contributed by atoms with van der Waals surface area (Å²) in [6.45, 7) is 3.05. The van der Waals surface area contributed by atoms with Crippen LogP contribution in [0.3, 0.4) is 0 Å². The van der Waals surface area contributed by atoms with Crippen molar-refractivity contribution in [2.75, 3.05) is 6.61 Å². The van der Waals surface area contributed by atoms with Gasteiger partial charge in [0.05, 0.1) is 0 Å². The summed E-state index contributed by atoms with van der Waals surface area (Å²) in [6, 6.07) is 0.147. The average molecular weight is 224 g/mol. The molecule has 5 heteroatoms. The monoisotopic (exact) mass is 224 g/mol. The minimum atomic E-state index is -0.380. The Morgan fingerprint density at radius 1 is 1.62 bits per heavy atom. The molecule has 88 valence electrons. The molecule has 0 radical (unpaired) electrons. The molecule has 1 aliphatic heterocycles. The Hall–Kier alpha value is -1.36. The van der Waals surface area contributed by atoms with Crippen molar-refractivity contribution in [3.05, 3.63) is 28.5 Å². The molecule has 1 aromatic heterocycles. The lowest BCUT2D eigenvalue weighted by atomic mass is 10.1. The minimum absolute atomic E-state index is 0.147. The molecular weight excluding hydrogens is 208 g/mol. The van der Waals surface area contributed by atoms with E-state index in [1.165, 1.54) is 0 Å². The van der Waals surface area contributed by atoms with Gasteiger partial charge in [-0.1, -0.05) is 17.3 Å². The average Bonchev–Trinajstić information content (AvgIpc) is 2.59. The molecule has 0 spiro atoms. The van der Waals surface area contributed by atoms with Crippen molar-refractivity contribution in [1.29, 1.82) is 0 Å². The van der Waals surface area contributed by atoms with Crippen molar-refractivity contribution in [1.82, 2.24) is 9.72 Å². The number of allylic oxidation sites excluding steroid dienone is 2. The molecule has 0 aliphatic carbocycles. The highest BCUT2D eigenvalue weighted by atomic mass is 16.5. The van der Waals surface area contributed by atoms with Gasteiger partial charge in [0.1, 0.15) is 6.61 Å². The Kier molecular flexibility index (Phi) is 3.56. The van der Waals surface area contributed by atoms with Crippen LogP contribution in [0.2, 0.25) is 0 Å². The Labute approximate surface area is 93.7 Å². The third-order valence-corrected chi connectivity index (χ3v) is 2.77. The predicted octanol–water partition coefficient (Wildman–Crippen LogP) is 1.65. The highest BCUT2D eigenvalue weighted by Crippen LogP contribution is 2.21. The van der Waals surface area contributed by atoms with Crippen LogP contribution in [0.5, 0.6) is 0 Å². The van der Waals surface area contributed by atoms with E-state index in [0.29, 0.717) is 19.0 Å². The van der Waals surface area contributed by atoms with Crippen molar-refractivity contribution in [3.8, 4) is 0 Å². The number of nitrogens with zero attached hydrogens (tertiary/aromatic N) is 2. The second-order valence-corrected chi connectivity index (χ2v) is 3.89. The maximum absolute atomic E-state index is 11.6. The summed E-state index contributed by atoms with van der Waals surface area (Å²) in [7, 11) is 0. The van der Waals surface area contributed by atoms with Crippen LogP contribution >= 0.6 is 0 Å². The van der Waals surface area contributed by atoms with Crippen LogP contribution < -0.4 is 5.76 Å². The van der Waals surface area contributed by atoms with E-state index < -0.39 is 0 Å². The third-order valence-electron chi connectivity index (χ3n) is 2.77. The van der Waals surface area contributed by atoms with Crippen LogP contribution in [-0.4, -0.2) is 16.3 Å². The van der Waals surface area contributed by atoms with Gasteiger partial charge in [0, 0.05) is 12.6 Å². The summed E-state index contributed by atoms with van der Waals surface area (Å²) in [4.78, 5) is 11.6. The summed E-state index contributed by atoms with van der Waals surface area (Å²) in [5, 5.41) is 3.74. The largest absolute Gasteiger partial charge is 0.441 e. The minimum Gasteiger partial charge on any atom is -0.373 e. The first-order valence-electron chi connectivity index (χ1n) is 5.59. The Balaban J connectivity index is 2.30. The van der Waals surface area contributed by atoms with Crippen molar-refractivity contribution in [2.45, 2.75) is 38.8 Å². The van der Waals surface area contributed by atoms with E-state index in [1.807, 2.05) is 13.0 Å². The second kappa shape index (κ2) is 5.12. The summed E-state index contributed by atoms with van der Waals surface area (Å²) in [5.74, 6) is 0.217. The van der Waals surface area contributed by atoms with E-state index in [9.17, 15) is 4.79 Å². The molecule has 0 saturated carbocycles. The zero-order valence-corrected chi connectivity index (χ0v) is 9.39. The number of aromatic nitrogens is 2. The Morgan fingerprint density at radius 3 is 3.31 bits per heavy atom. The summed E-state index contributed by atoms with van der Waals surface area (Å²) in [5.41, 5.74) is 0. The highest BCUT2D eigenvalue weighted by Gasteiger charge is 2.21. The van der Waals surface area contributed by atoms with E-state index in [1.54, 1.807) is 4.57 Å². The smallest absolute Gasteiger partial charge is 0.373 e. The number of fused-ring (bicyclic) bond motifs is 1. The lowest BCUT2D eigenvalue weighted by molar-refractivity contribution is 0.0939. The lowest BCUT2D eigenvalue weighted by Crippen LogP contribution is -2.25. The van der Waals surface area contributed by atoms with Gasteiger partial charge < -0.3 is 4.74 Å². The van der Waals surface area contributed by atoms with Gasteiger partial charge in [0.15, 0.2) is 5.82 Å². The molecule has 1 atom stereocenters. The van der Waals surface area contributed by atoms with E-state index in [2.05, 4.69) is 11.2 Å². The fourth-order valence-corrected chi connectivity index (χ4v) is 1.97. The molecule has 0 N–H and O–H groups in total. The van der Waals surface area contributed by atoms with Crippen molar-refractivity contribution in [2.24, 2.45) is 0 Å². The molecule has 1 unspecified atom stereocenters. The van der Waals surface area contributed by atoms with Crippen molar-refractivity contribution >= 4 is 0 Å². The number of hydrogen-bond acceptors (Lipinski definition) is 4. The summed E-state index contributed by atoms with van der Waals surface area (Å²) in [6.07, 6.45) is 6.77. The van der Waals surface area contributed by atoms with Crippen molar-refractivity contribution < 1.29 is 9.26 Å². The maximum Gasteiger partial charge on any atom is 0.441 e. The summed E-state index contributed by atoms with van der Waals surface area (Å²) < 4.78 is 11.7. The molecule has 5 nitrogen and oxygen atoms in total. The number of hydrogen-bond donors (Lipinski definition) is 0. The molecule has 0 saturated heterocycles. The van der Waals surface area contributed by atoms with Crippen LogP contribution in [0, 0.1) is 0 Å². The molecule has 16 heavy (non-hydrogen) atoms. The van der Waals surface area contributed by atoms with Gasteiger partial charge in [0.25, 0.3) is 0 Å². The van der Waals surface area contributed by atoms with Gasteiger partial charge >= 0.3 is 5.76 Å². The first kappa shape index (κ1) is 11.1. The highest BCUT2D eigenvalue weighted by molar-refractivity contribution is 4.91. The van der Waals surface area contributed by atoms with Gasteiger partial charge in [0.2, 0.25) is 0 Å². The molecule has 2 rings (SSSR count). The van der Waals surface area contributed by atoms with Crippen LogP contribution in [0.1, 0.15) is 38.1 Å². The molecule has 0 fully saturated rings. The predicted molar refractivity (Wildman–Crippen MR) is 58.1 cm³/mol. The van der Waals surface area contributed by atoms with Gasteiger partial charge in [-0.25, -0.2) is 4.79 Å². The summed E-state index contributed by atoms with van der Waals surface area (Å²) >= 11 is 0. The molecule has 0 bridgehead atoms. The van der Waals surface area contributed by atoms with E-state index >= 15 is 0 Å². The SMILES string of the molecule is C/C=C/CC1CCCOCc2noc(=O)n21. The van der Waals surface area contributed by atoms with Crippen molar-refractivity contribution in [3.63, 3.8) is 0 Å². The Bertz CT molecular complexity index is 419. The number of ether oxygens (including phenoxy) is 1. The molecule has 1 aromatic rings. The Morgan fingerprint density at radius 2 is 2.50 bits per heavy atom. The zero-order chi connectivity index (χ0) is 11.4. The maximum atomic E-state index is 11.6. The molecule has 2 heterocycles. The van der Waals surface area contributed by atoms with Gasteiger partial charge in [-0.05, 0) is 26.2 Å². The number of rotatable bonds is 2. The van der Waals surface area contributed by atoms with E-state index in [4.69, 9.17) is 9.26 Å². The van der Waals surface area contributed by atoms with Crippen LogP contribution in [0.4, 0.5) is 0 Å². The molecule has 1 aliphatic rings. The quantitative estimate of drug-likeness (QED) is 0.717. The third kappa shape index (κ3) is 2.24.